The molecule has 1 saturated heterocycles. The minimum Gasteiger partial charge on any atom is -0.406 e. The molecule has 0 amide bonds. The van der Waals surface area contributed by atoms with Gasteiger partial charge in [-0.15, -0.1) is 13.2 Å². The topological polar surface area (TPSA) is 67.2 Å². The Balaban J connectivity index is 1.61. The molecule has 0 spiro atoms. The minimum atomic E-state index is -4.75. The molecule has 9 heteroatoms. The summed E-state index contributed by atoms with van der Waals surface area (Å²) in [5.41, 5.74) is 2.77. The molecule has 1 fully saturated rings. The molecule has 1 N–H and O–H groups in total. The van der Waals surface area contributed by atoms with Gasteiger partial charge in [0.15, 0.2) is 0 Å². The number of anilines is 1. The molecular formula is C19H18F3N3O3. The zero-order chi connectivity index (χ0) is 19.9. The Morgan fingerprint density at radius 3 is 2.71 bits per heavy atom. The number of rotatable bonds is 4. The van der Waals surface area contributed by atoms with Crippen molar-refractivity contribution in [3.63, 3.8) is 0 Å². The van der Waals surface area contributed by atoms with E-state index in [4.69, 9.17) is 4.74 Å². The van der Waals surface area contributed by atoms with Crippen LogP contribution in [0.25, 0.3) is 0 Å². The fraction of sp³-hybridized carbons (Fsp3) is 0.368. The van der Waals surface area contributed by atoms with Gasteiger partial charge < -0.3 is 19.5 Å². The first-order chi connectivity index (χ1) is 13.3. The number of methoxy groups -OCH3 is 1. The minimum absolute atomic E-state index is 0.277. The number of aliphatic imine (C=N–C) groups is 1. The summed E-state index contributed by atoms with van der Waals surface area (Å²) < 4.78 is 46.9. The predicted octanol–water partition coefficient (Wildman–Crippen LogP) is 2.53. The lowest BCUT2D eigenvalue weighted by atomic mass is 10.0. The lowest BCUT2D eigenvalue weighted by Gasteiger charge is -2.17. The van der Waals surface area contributed by atoms with Crippen molar-refractivity contribution >= 4 is 11.5 Å². The quantitative estimate of drug-likeness (QED) is 0.865. The van der Waals surface area contributed by atoms with Crippen LogP contribution in [0.1, 0.15) is 16.7 Å². The van der Waals surface area contributed by atoms with Gasteiger partial charge >= 0.3 is 6.36 Å². The number of ether oxygens (including phenoxy) is 2. The second-order valence-electron chi connectivity index (χ2n) is 6.68. The van der Waals surface area contributed by atoms with Crippen molar-refractivity contribution in [1.29, 1.82) is 0 Å². The smallest absolute Gasteiger partial charge is 0.406 e. The zero-order valence-electron chi connectivity index (χ0n) is 15.0. The number of nitrogens with zero attached hydrogens (tertiary/aromatic N) is 3. The molecule has 0 radical (unpaired) electrons. The maximum Gasteiger partial charge on any atom is 0.573 e. The Hall–Kier alpha value is -2.65. The number of β-amino-alcohol motifs (C(OH)–C–C–N with tert-alkyl or cyclic N) is 1. The van der Waals surface area contributed by atoms with Crippen molar-refractivity contribution in [2.45, 2.75) is 25.1 Å². The van der Waals surface area contributed by atoms with E-state index in [1.165, 1.54) is 12.1 Å². The standard InChI is InChI=1S/C19H18F3N3O3/c1-27-16-10-25(9-15(16)26)17-6-11(4-5-23-17)18-14-7-13(28-19(20,21)22)3-2-12(14)8-24-18/h2-7,15-16,26H,8-10H2,1H3/t15-,16-/m0/s1. The Morgan fingerprint density at radius 1 is 1.18 bits per heavy atom. The van der Waals surface area contributed by atoms with Crippen LogP contribution in [0.15, 0.2) is 41.5 Å². The first kappa shape index (κ1) is 18.7. The molecule has 0 unspecified atom stereocenters. The van der Waals surface area contributed by atoms with Crippen molar-refractivity contribution in [1.82, 2.24) is 4.98 Å². The summed E-state index contributed by atoms with van der Waals surface area (Å²) >= 11 is 0. The Kier molecular flexibility index (Phi) is 4.72. The van der Waals surface area contributed by atoms with E-state index in [0.29, 0.717) is 36.7 Å². The molecule has 0 saturated carbocycles. The van der Waals surface area contributed by atoms with Crippen LogP contribution in [0.2, 0.25) is 0 Å². The highest BCUT2D eigenvalue weighted by atomic mass is 19.4. The third-order valence-corrected chi connectivity index (χ3v) is 4.86. The van der Waals surface area contributed by atoms with Gasteiger partial charge in [-0.05, 0) is 29.8 Å². The first-order valence-corrected chi connectivity index (χ1v) is 8.70. The molecule has 3 heterocycles. The highest BCUT2D eigenvalue weighted by Crippen LogP contribution is 2.31. The summed E-state index contributed by atoms with van der Waals surface area (Å²) in [5.74, 6) is 0.371. The number of hydrogen-bond acceptors (Lipinski definition) is 6. The molecule has 28 heavy (non-hydrogen) atoms. The molecule has 0 aliphatic carbocycles. The van der Waals surface area contributed by atoms with Crippen LogP contribution in [0.5, 0.6) is 5.75 Å². The molecule has 148 valence electrons. The summed E-state index contributed by atoms with van der Waals surface area (Å²) in [5, 5.41) is 10.0. The van der Waals surface area contributed by atoms with E-state index in [2.05, 4.69) is 14.7 Å². The fourth-order valence-electron chi connectivity index (χ4n) is 3.52. The number of aliphatic hydroxyl groups is 1. The van der Waals surface area contributed by atoms with Crippen LogP contribution < -0.4 is 9.64 Å². The van der Waals surface area contributed by atoms with E-state index in [0.717, 1.165) is 11.1 Å². The molecular weight excluding hydrogens is 375 g/mol. The van der Waals surface area contributed by atoms with Crippen LogP contribution in [0, 0.1) is 0 Å². The van der Waals surface area contributed by atoms with Crippen molar-refractivity contribution in [2.24, 2.45) is 4.99 Å². The van der Waals surface area contributed by atoms with E-state index >= 15 is 0 Å². The molecule has 1 aromatic carbocycles. The van der Waals surface area contributed by atoms with Crippen molar-refractivity contribution in [3.05, 3.63) is 53.2 Å². The van der Waals surface area contributed by atoms with E-state index < -0.39 is 12.5 Å². The number of halogens is 3. The third-order valence-electron chi connectivity index (χ3n) is 4.86. The van der Waals surface area contributed by atoms with Gasteiger partial charge in [-0.25, -0.2) is 4.98 Å². The number of hydrogen-bond donors (Lipinski definition) is 1. The first-order valence-electron chi connectivity index (χ1n) is 8.70. The van der Waals surface area contributed by atoms with Gasteiger partial charge in [-0.1, -0.05) is 6.07 Å². The van der Waals surface area contributed by atoms with E-state index in [-0.39, 0.29) is 11.9 Å². The Labute approximate surface area is 159 Å². The molecule has 2 aliphatic rings. The van der Waals surface area contributed by atoms with Gasteiger partial charge in [-0.3, -0.25) is 4.99 Å². The normalized spacial score (nSPS) is 21.6. The molecule has 1 aromatic heterocycles. The second-order valence-corrected chi connectivity index (χ2v) is 6.68. The summed E-state index contributed by atoms with van der Waals surface area (Å²) in [6.45, 7) is 1.28. The molecule has 2 aliphatic heterocycles. The molecule has 6 nitrogen and oxygen atoms in total. The summed E-state index contributed by atoms with van der Waals surface area (Å²) in [7, 11) is 1.55. The van der Waals surface area contributed by atoms with E-state index in [9.17, 15) is 18.3 Å². The molecule has 4 rings (SSSR count). The molecule has 2 aromatic rings. The van der Waals surface area contributed by atoms with Crippen LogP contribution >= 0.6 is 0 Å². The van der Waals surface area contributed by atoms with E-state index in [1.807, 2.05) is 11.0 Å². The van der Waals surface area contributed by atoms with Crippen molar-refractivity contribution in [2.75, 3.05) is 25.1 Å². The lowest BCUT2D eigenvalue weighted by Crippen LogP contribution is -2.25. The van der Waals surface area contributed by atoms with Crippen LogP contribution in [-0.4, -0.2) is 54.6 Å². The molecule has 0 bridgehead atoms. The van der Waals surface area contributed by atoms with Crippen LogP contribution in [-0.2, 0) is 11.3 Å². The van der Waals surface area contributed by atoms with Crippen molar-refractivity contribution < 1.29 is 27.8 Å². The number of aromatic nitrogens is 1. The lowest BCUT2D eigenvalue weighted by molar-refractivity contribution is -0.274. The van der Waals surface area contributed by atoms with Gasteiger partial charge in [-0.2, -0.15) is 0 Å². The van der Waals surface area contributed by atoms with Gasteiger partial charge in [0.25, 0.3) is 0 Å². The maximum absolute atomic E-state index is 12.5. The van der Waals surface area contributed by atoms with Gasteiger partial charge in [0, 0.05) is 37.5 Å². The highest BCUT2D eigenvalue weighted by molar-refractivity contribution is 6.15. The second kappa shape index (κ2) is 7.06. The number of benzene rings is 1. The number of pyridine rings is 1. The molecule has 2 atom stereocenters. The third kappa shape index (κ3) is 3.67. The van der Waals surface area contributed by atoms with Gasteiger partial charge in [0.2, 0.25) is 0 Å². The predicted molar refractivity (Wildman–Crippen MR) is 95.7 cm³/mol. The number of fused-ring (bicyclic) bond motifs is 1. The SMILES string of the molecule is CO[C@H]1CN(c2cc(C3=NCc4ccc(OC(F)(F)F)cc43)ccn2)C[C@@H]1O. The maximum atomic E-state index is 12.5. The summed E-state index contributed by atoms with van der Waals surface area (Å²) in [6, 6.07) is 7.81. The summed E-state index contributed by atoms with van der Waals surface area (Å²) in [4.78, 5) is 10.7. The average molecular weight is 393 g/mol. The fourth-order valence-corrected chi connectivity index (χ4v) is 3.52. The monoisotopic (exact) mass is 393 g/mol. The number of aliphatic hydroxyl groups excluding tert-OH is 1. The number of alkyl halides is 3. The highest BCUT2D eigenvalue weighted by Gasteiger charge is 2.33. The van der Waals surface area contributed by atoms with Crippen LogP contribution in [0.4, 0.5) is 19.0 Å². The Bertz CT molecular complexity index is 917. The van der Waals surface area contributed by atoms with E-state index in [1.54, 1.807) is 25.4 Å². The van der Waals surface area contributed by atoms with Crippen LogP contribution in [0.3, 0.4) is 0 Å². The zero-order valence-corrected chi connectivity index (χ0v) is 15.0. The van der Waals surface area contributed by atoms with Gasteiger partial charge in [0.05, 0.1) is 18.4 Å². The summed E-state index contributed by atoms with van der Waals surface area (Å²) in [6.07, 6.45) is -4.03. The largest absolute Gasteiger partial charge is 0.573 e. The van der Waals surface area contributed by atoms with Gasteiger partial charge in [0.1, 0.15) is 17.7 Å². The van der Waals surface area contributed by atoms with Crippen molar-refractivity contribution in [3.8, 4) is 5.75 Å². The average Bonchev–Trinajstić information content (AvgIpc) is 3.23. The Morgan fingerprint density at radius 2 is 2.00 bits per heavy atom.